The summed E-state index contributed by atoms with van der Waals surface area (Å²) in [6, 6.07) is 2.55. The van der Waals surface area contributed by atoms with E-state index in [0.717, 1.165) is 11.1 Å². The highest BCUT2D eigenvalue weighted by Gasteiger charge is 2.64. The number of rotatable bonds is 11. The number of hydrogen-bond acceptors (Lipinski definition) is 14. The first-order valence-electron chi connectivity index (χ1n) is 19.0. The maximum Gasteiger partial charge on any atom is 0.409 e. The molecule has 8 atom stereocenters. The average molecular weight is 848 g/mol. The molecule has 318 valence electrons. The third-order valence-corrected chi connectivity index (χ3v) is 11.7. The quantitative estimate of drug-likeness (QED) is 0.146. The number of likely N-dealkylation sites (N-methyl/N-ethyl adjacent to an activating group) is 1. The third kappa shape index (κ3) is 10.1. The molecule has 0 spiro atoms. The molecule has 5 rings (SSSR count). The van der Waals surface area contributed by atoms with Gasteiger partial charge in [0.15, 0.2) is 5.72 Å². The Bertz CT molecular complexity index is 1910. The molecule has 3 N–H and O–H groups in total. The lowest BCUT2D eigenvalue weighted by atomic mass is 9.83. The van der Waals surface area contributed by atoms with Crippen molar-refractivity contribution in [3.8, 4) is 5.75 Å². The molecule has 4 bridgehead atoms. The molecule has 0 radical (unpaired) electrons. The van der Waals surface area contributed by atoms with E-state index in [1.54, 1.807) is 63.0 Å². The minimum atomic E-state index is -1.84. The van der Waals surface area contributed by atoms with Gasteiger partial charge in [-0.1, -0.05) is 60.4 Å². The van der Waals surface area contributed by atoms with Gasteiger partial charge in [0.2, 0.25) is 11.8 Å². The van der Waals surface area contributed by atoms with Gasteiger partial charge in [-0.05, 0) is 51.3 Å². The Hall–Kier alpha value is -4.20. The lowest BCUT2D eigenvalue weighted by Crippen LogP contribution is -2.63. The van der Waals surface area contributed by atoms with E-state index in [1.807, 2.05) is 13.0 Å². The van der Waals surface area contributed by atoms with Crippen LogP contribution in [-0.4, -0.2) is 119 Å². The van der Waals surface area contributed by atoms with E-state index in [4.69, 9.17) is 35.3 Å². The summed E-state index contributed by atoms with van der Waals surface area (Å²) in [4.78, 5) is 56.9. The highest BCUT2D eigenvalue weighted by Crippen LogP contribution is 2.49. The highest BCUT2D eigenvalue weighted by atomic mass is 35.5. The van der Waals surface area contributed by atoms with Crippen LogP contribution >= 0.6 is 24.4 Å². The van der Waals surface area contributed by atoms with E-state index in [1.165, 1.54) is 31.1 Å². The minimum Gasteiger partial charge on any atom is -0.495 e. The minimum absolute atomic E-state index is 0.0630. The number of halogens is 1. The topological polar surface area (TPSA) is 199 Å². The number of benzene rings is 1. The Labute approximate surface area is 348 Å². The van der Waals surface area contributed by atoms with E-state index < -0.39 is 65.7 Å². The zero-order chi connectivity index (χ0) is 42.5. The van der Waals surface area contributed by atoms with Crippen LogP contribution in [0.1, 0.15) is 64.6 Å². The number of amides is 3. The average Bonchev–Trinajstić information content (AvgIpc) is 3.68. The largest absolute Gasteiger partial charge is 0.495 e. The van der Waals surface area contributed by atoms with Crippen molar-refractivity contribution < 1.29 is 48.0 Å². The standard InChI is InChI=1S/C39H54ClN7O10S/c1-22-11-9-12-30(54-8)39(52)19-29(55-37(51)42-39)23(2)35-38(4,57-35)31(18-33(49)46(6)27-16-25(15-22)17-28(53-7)34(27)40)56-36(50)24(3)45(5)32(48)13-10-14-47-21-26(20-41-58)43-44-47/h9,11-12,16-17,21,23-24,29-31,35,41,52,58H,10,13-15,18-20H2,1-8H3,(H,42,51)/b12-9+,22-11+/t23-,24?,29+,30-,31+,35+,38+,39+/m1/s1. The number of carbonyl (C=O) groups excluding carboxylic acids is 4. The second-order valence-corrected chi connectivity index (χ2v) is 16.0. The van der Waals surface area contributed by atoms with Crippen molar-refractivity contribution in [2.45, 2.75) is 115 Å². The van der Waals surface area contributed by atoms with Crippen LogP contribution in [0, 0.1) is 5.92 Å². The number of aromatic nitrogens is 3. The summed E-state index contributed by atoms with van der Waals surface area (Å²) in [5, 5.41) is 22.6. The normalized spacial score (nSPS) is 29.5. The van der Waals surface area contributed by atoms with Crippen molar-refractivity contribution in [3.05, 3.63) is 58.4 Å². The number of thiol groups is 1. The zero-order valence-electron chi connectivity index (χ0n) is 34.1. The number of nitrogens with one attached hydrogen (secondary N) is 2. The Balaban J connectivity index is 1.42. The fourth-order valence-corrected chi connectivity index (χ4v) is 7.87. The van der Waals surface area contributed by atoms with Crippen LogP contribution in [0.15, 0.2) is 42.1 Å². The summed E-state index contributed by atoms with van der Waals surface area (Å²) in [6.45, 7) is 7.85. The number of ether oxygens (including phenoxy) is 5. The Morgan fingerprint density at radius 3 is 2.71 bits per heavy atom. The van der Waals surface area contributed by atoms with Gasteiger partial charge in [0, 0.05) is 52.7 Å². The number of aliphatic hydroxyl groups is 1. The summed E-state index contributed by atoms with van der Waals surface area (Å²) < 4.78 is 33.7. The van der Waals surface area contributed by atoms with Gasteiger partial charge in [-0.2, -0.15) is 0 Å². The van der Waals surface area contributed by atoms with Crippen molar-refractivity contribution in [2.75, 3.05) is 33.2 Å². The van der Waals surface area contributed by atoms with Crippen LogP contribution in [0.4, 0.5) is 10.5 Å². The number of epoxide rings is 1. The van der Waals surface area contributed by atoms with Crippen LogP contribution in [0.5, 0.6) is 5.75 Å². The first-order chi connectivity index (χ1) is 27.4. The number of allylic oxidation sites excluding steroid dienone is 3. The monoisotopic (exact) mass is 847 g/mol. The predicted octanol–water partition coefficient (Wildman–Crippen LogP) is 3.52. The molecule has 2 fully saturated rings. The molecule has 0 saturated carbocycles. The van der Waals surface area contributed by atoms with Crippen LogP contribution < -0.4 is 19.7 Å². The summed E-state index contributed by atoms with van der Waals surface area (Å²) >= 11 is 10.8. The van der Waals surface area contributed by atoms with E-state index in [0.29, 0.717) is 43.1 Å². The molecular weight excluding hydrogens is 794 g/mol. The van der Waals surface area contributed by atoms with Gasteiger partial charge in [-0.25, -0.2) is 9.59 Å². The number of anilines is 1. The first kappa shape index (κ1) is 44.9. The third-order valence-electron chi connectivity index (χ3n) is 11.1. The van der Waals surface area contributed by atoms with Crippen LogP contribution in [0.2, 0.25) is 5.02 Å². The molecule has 2 saturated heterocycles. The van der Waals surface area contributed by atoms with Gasteiger partial charge in [0.1, 0.15) is 40.7 Å². The molecular formula is C39H54ClN7O10S. The van der Waals surface area contributed by atoms with E-state index in [9.17, 15) is 24.3 Å². The molecule has 17 nitrogen and oxygen atoms in total. The molecule has 3 aliphatic rings. The summed E-state index contributed by atoms with van der Waals surface area (Å²) in [5.41, 5.74) is -0.280. The molecule has 4 heterocycles. The number of hydrogen-bond donors (Lipinski definition) is 4. The molecule has 19 heteroatoms. The Morgan fingerprint density at radius 1 is 1.28 bits per heavy atom. The van der Waals surface area contributed by atoms with Gasteiger partial charge < -0.3 is 38.6 Å². The van der Waals surface area contributed by atoms with Crippen LogP contribution in [0.3, 0.4) is 0 Å². The number of nitrogens with zero attached hydrogens (tertiary/aromatic N) is 5. The number of methoxy groups -OCH3 is 2. The first-order valence-corrected chi connectivity index (χ1v) is 19.9. The van der Waals surface area contributed by atoms with Crippen molar-refractivity contribution in [2.24, 2.45) is 5.92 Å². The maximum absolute atomic E-state index is 14.2. The Kier molecular flexibility index (Phi) is 14.6. The number of alkyl carbamates (subject to hydrolysis) is 1. The fourth-order valence-electron chi connectivity index (χ4n) is 7.40. The maximum atomic E-state index is 14.2. The molecule has 3 amide bonds. The molecule has 1 aromatic carbocycles. The molecule has 2 aromatic rings. The van der Waals surface area contributed by atoms with E-state index in [-0.39, 0.29) is 30.2 Å². The molecule has 58 heavy (non-hydrogen) atoms. The second-order valence-electron chi connectivity index (χ2n) is 15.3. The molecule has 1 unspecified atom stereocenters. The Morgan fingerprint density at radius 2 is 2.02 bits per heavy atom. The van der Waals surface area contributed by atoms with Crippen molar-refractivity contribution in [1.29, 1.82) is 0 Å². The van der Waals surface area contributed by atoms with Crippen molar-refractivity contribution in [1.82, 2.24) is 29.9 Å². The smallest absolute Gasteiger partial charge is 0.409 e. The molecule has 1 aromatic heterocycles. The van der Waals surface area contributed by atoms with E-state index >= 15 is 0 Å². The highest BCUT2D eigenvalue weighted by molar-refractivity contribution is 7.78. The fraction of sp³-hybridized carbons (Fsp3) is 0.590. The van der Waals surface area contributed by atoms with Crippen LogP contribution in [0.25, 0.3) is 0 Å². The van der Waals surface area contributed by atoms with Crippen molar-refractivity contribution >= 4 is 54.0 Å². The van der Waals surface area contributed by atoms with Gasteiger partial charge in [0.05, 0.1) is 37.6 Å². The zero-order valence-corrected chi connectivity index (χ0v) is 35.7. The SMILES string of the molecule is COc1cc2cc(c1Cl)N(C)C(=O)C[C@H](OC(=O)C(C)N(C)C(=O)CCCn1cc(CNS)nn1)[C@]1(C)O[C@H]1[C@H](C)[C@@H]1C[C@@](O)(NC(=O)O1)[C@H](OC)/C=C/C=C(\C)C2. The number of carbonyl (C=O) groups is 4. The number of aryl methyl sites for hydroxylation is 1. The van der Waals surface area contributed by atoms with Gasteiger partial charge in [0.25, 0.3) is 0 Å². The number of fused-ring (bicyclic) bond motifs is 5. The van der Waals surface area contributed by atoms with Gasteiger partial charge >= 0.3 is 12.1 Å². The van der Waals surface area contributed by atoms with Crippen LogP contribution in [-0.2, 0) is 52.8 Å². The van der Waals surface area contributed by atoms with Crippen molar-refractivity contribution in [3.63, 3.8) is 0 Å². The molecule has 0 aliphatic carbocycles. The summed E-state index contributed by atoms with van der Waals surface area (Å²) in [7, 11) is 6.00. The summed E-state index contributed by atoms with van der Waals surface area (Å²) in [6.07, 6.45) is 3.13. The lowest BCUT2D eigenvalue weighted by Gasteiger charge is -2.42. The molecule has 3 aliphatic heterocycles. The number of esters is 1. The van der Waals surface area contributed by atoms with E-state index in [2.05, 4.69) is 33.2 Å². The van der Waals surface area contributed by atoms with Gasteiger partial charge in [-0.15, -0.1) is 5.10 Å². The van der Waals surface area contributed by atoms with Gasteiger partial charge in [-0.3, -0.25) is 24.3 Å². The predicted molar refractivity (Wildman–Crippen MR) is 216 cm³/mol. The lowest BCUT2D eigenvalue weighted by molar-refractivity contribution is -0.162. The summed E-state index contributed by atoms with van der Waals surface area (Å²) in [5.74, 6) is -1.68. The second kappa shape index (κ2) is 18.8.